The molecule has 5 heteroatoms. The second-order valence-corrected chi connectivity index (χ2v) is 6.13. The summed E-state index contributed by atoms with van der Waals surface area (Å²) in [6.07, 6.45) is 4.82. The SMILES string of the molecule is O=C(CCl)N(Cc1ccc2occc2c1)[C@H]1CCCC[C@H]1O. The normalized spacial score (nSPS) is 21.9. The number of benzene rings is 1. The summed E-state index contributed by atoms with van der Waals surface area (Å²) >= 11 is 5.77. The van der Waals surface area contributed by atoms with Gasteiger partial charge in [0.2, 0.25) is 5.91 Å². The van der Waals surface area contributed by atoms with Crippen LogP contribution in [0.25, 0.3) is 11.0 Å². The van der Waals surface area contributed by atoms with E-state index in [1.54, 1.807) is 11.2 Å². The fraction of sp³-hybridized carbons (Fsp3) is 0.471. The molecular weight excluding hydrogens is 302 g/mol. The molecule has 1 fully saturated rings. The molecule has 1 aliphatic rings. The van der Waals surface area contributed by atoms with E-state index in [4.69, 9.17) is 16.0 Å². The lowest BCUT2D eigenvalue weighted by Crippen LogP contribution is -2.48. The van der Waals surface area contributed by atoms with E-state index in [1.165, 1.54) is 0 Å². The fourth-order valence-electron chi connectivity index (χ4n) is 3.23. The number of amides is 1. The van der Waals surface area contributed by atoms with Crippen LogP contribution in [0.2, 0.25) is 0 Å². The van der Waals surface area contributed by atoms with Gasteiger partial charge in [0, 0.05) is 11.9 Å². The molecule has 0 radical (unpaired) electrons. The van der Waals surface area contributed by atoms with Gasteiger partial charge in [-0.05, 0) is 36.6 Å². The maximum absolute atomic E-state index is 12.2. The Balaban J connectivity index is 1.83. The summed E-state index contributed by atoms with van der Waals surface area (Å²) in [5.74, 6) is -0.183. The van der Waals surface area contributed by atoms with E-state index in [2.05, 4.69) is 0 Å². The largest absolute Gasteiger partial charge is 0.464 e. The van der Waals surface area contributed by atoms with Crippen molar-refractivity contribution in [2.45, 2.75) is 44.4 Å². The number of furan rings is 1. The van der Waals surface area contributed by atoms with E-state index in [1.807, 2.05) is 24.3 Å². The van der Waals surface area contributed by atoms with Gasteiger partial charge < -0.3 is 14.4 Å². The third-order valence-corrected chi connectivity index (χ3v) is 4.63. The van der Waals surface area contributed by atoms with Crippen LogP contribution in [0.15, 0.2) is 34.9 Å². The maximum atomic E-state index is 12.2. The summed E-state index contributed by atoms with van der Waals surface area (Å²) in [4.78, 5) is 14.0. The van der Waals surface area contributed by atoms with Crippen LogP contribution in [0, 0.1) is 0 Å². The molecule has 118 valence electrons. The maximum Gasteiger partial charge on any atom is 0.238 e. The molecule has 4 nitrogen and oxygen atoms in total. The van der Waals surface area contributed by atoms with Gasteiger partial charge in [0.1, 0.15) is 11.5 Å². The summed E-state index contributed by atoms with van der Waals surface area (Å²) in [5.41, 5.74) is 1.85. The second kappa shape index (κ2) is 6.71. The van der Waals surface area contributed by atoms with Gasteiger partial charge in [-0.1, -0.05) is 18.9 Å². The number of fused-ring (bicyclic) bond motifs is 1. The Kier molecular flexibility index (Phi) is 4.69. The minimum atomic E-state index is -0.460. The number of rotatable bonds is 4. The Bertz CT molecular complexity index is 654. The highest BCUT2D eigenvalue weighted by molar-refractivity contribution is 6.27. The molecule has 1 aromatic carbocycles. The molecule has 3 rings (SSSR count). The first kappa shape index (κ1) is 15.4. The van der Waals surface area contributed by atoms with Crippen molar-refractivity contribution >= 4 is 28.5 Å². The zero-order valence-electron chi connectivity index (χ0n) is 12.4. The van der Waals surface area contributed by atoms with E-state index in [-0.39, 0.29) is 17.8 Å². The van der Waals surface area contributed by atoms with E-state index < -0.39 is 6.10 Å². The molecule has 1 saturated carbocycles. The lowest BCUT2D eigenvalue weighted by atomic mass is 9.91. The minimum absolute atomic E-state index is 0.0584. The Morgan fingerprint density at radius 2 is 2.14 bits per heavy atom. The van der Waals surface area contributed by atoms with Crippen LogP contribution in [0.5, 0.6) is 0 Å². The highest BCUT2D eigenvalue weighted by atomic mass is 35.5. The van der Waals surface area contributed by atoms with Gasteiger partial charge in [-0.2, -0.15) is 0 Å². The first-order chi connectivity index (χ1) is 10.7. The molecule has 0 bridgehead atoms. The molecule has 1 aromatic heterocycles. The van der Waals surface area contributed by atoms with Crippen LogP contribution >= 0.6 is 11.6 Å². The van der Waals surface area contributed by atoms with Crippen molar-refractivity contribution in [3.05, 3.63) is 36.1 Å². The van der Waals surface area contributed by atoms with Crippen LogP contribution in [0.3, 0.4) is 0 Å². The van der Waals surface area contributed by atoms with Crippen molar-refractivity contribution in [1.29, 1.82) is 0 Å². The average molecular weight is 322 g/mol. The van der Waals surface area contributed by atoms with Crippen LogP contribution in [0.1, 0.15) is 31.2 Å². The molecule has 22 heavy (non-hydrogen) atoms. The summed E-state index contributed by atoms with van der Waals surface area (Å²) < 4.78 is 5.34. The first-order valence-electron chi connectivity index (χ1n) is 7.68. The van der Waals surface area contributed by atoms with Crippen molar-refractivity contribution in [2.75, 3.05) is 5.88 Å². The molecule has 0 unspecified atom stereocenters. The first-order valence-corrected chi connectivity index (χ1v) is 8.22. The number of carbonyl (C=O) groups excluding carboxylic acids is 1. The zero-order valence-corrected chi connectivity index (χ0v) is 13.1. The topological polar surface area (TPSA) is 53.7 Å². The van der Waals surface area contributed by atoms with Gasteiger partial charge in [-0.3, -0.25) is 4.79 Å². The average Bonchev–Trinajstić information content (AvgIpc) is 3.00. The number of aliphatic hydroxyl groups excluding tert-OH is 1. The highest BCUT2D eigenvalue weighted by Crippen LogP contribution is 2.26. The molecule has 2 atom stereocenters. The smallest absolute Gasteiger partial charge is 0.238 e. The number of alkyl halides is 1. The molecule has 0 saturated heterocycles. The van der Waals surface area contributed by atoms with Crippen molar-refractivity contribution < 1.29 is 14.3 Å². The van der Waals surface area contributed by atoms with E-state index in [0.29, 0.717) is 6.54 Å². The molecule has 1 aliphatic carbocycles. The number of hydrogen-bond donors (Lipinski definition) is 1. The summed E-state index contributed by atoms with van der Waals surface area (Å²) in [6, 6.07) is 7.64. The number of aliphatic hydroxyl groups is 1. The van der Waals surface area contributed by atoms with Gasteiger partial charge in [0.15, 0.2) is 0 Å². The summed E-state index contributed by atoms with van der Waals surface area (Å²) in [5, 5.41) is 11.3. The number of carbonyl (C=O) groups is 1. The highest BCUT2D eigenvalue weighted by Gasteiger charge is 2.31. The van der Waals surface area contributed by atoms with Crippen LogP contribution in [0.4, 0.5) is 0 Å². The van der Waals surface area contributed by atoms with Gasteiger partial charge in [-0.25, -0.2) is 0 Å². The molecular formula is C17H20ClNO3. The molecule has 0 spiro atoms. The predicted octanol–water partition coefficient (Wildman–Crippen LogP) is 3.30. The minimum Gasteiger partial charge on any atom is -0.464 e. The molecule has 1 N–H and O–H groups in total. The van der Waals surface area contributed by atoms with Crippen LogP contribution in [-0.2, 0) is 11.3 Å². The molecule has 1 heterocycles. The van der Waals surface area contributed by atoms with Crippen LogP contribution < -0.4 is 0 Å². The quantitative estimate of drug-likeness (QED) is 0.879. The van der Waals surface area contributed by atoms with E-state index in [9.17, 15) is 9.90 Å². The van der Waals surface area contributed by atoms with Gasteiger partial charge in [-0.15, -0.1) is 11.6 Å². The monoisotopic (exact) mass is 321 g/mol. The Morgan fingerprint density at radius 1 is 1.32 bits per heavy atom. The Morgan fingerprint density at radius 3 is 2.91 bits per heavy atom. The lowest BCUT2D eigenvalue weighted by molar-refractivity contribution is -0.135. The van der Waals surface area contributed by atoms with Crippen LogP contribution in [-0.4, -0.2) is 33.9 Å². The van der Waals surface area contributed by atoms with Crippen molar-refractivity contribution in [3.8, 4) is 0 Å². The van der Waals surface area contributed by atoms with Crippen molar-refractivity contribution in [1.82, 2.24) is 4.90 Å². The summed E-state index contributed by atoms with van der Waals surface area (Å²) in [7, 11) is 0. The number of nitrogens with zero attached hydrogens (tertiary/aromatic N) is 1. The fourth-order valence-corrected chi connectivity index (χ4v) is 3.39. The second-order valence-electron chi connectivity index (χ2n) is 5.87. The molecule has 2 aromatic rings. The molecule has 0 aliphatic heterocycles. The van der Waals surface area contributed by atoms with Crippen molar-refractivity contribution in [3.63, 3.8) is 0 Å². The number of halogens is 1. The van der Waals surface area contributed by atoms with Crippen molar-refractivity contribution in [2.24, 2.45) is 0 Å². The summed E-state index contributed by atoms with van der Waals surface area (Å²) in [6.45, 7) is 0.467. The van der Waals surface area contributed by atoms with Gasteiger partial charge in [0.05, 0.1) is 18.4 Å². The molecule has 1 amide bonds. The predicted molar refractivity (Wildman–Crippen MR) is 85.7 cm³/mol. The van der Waals surface area contributed by atoms with Gasteiger partial charge in [0.25, 0.3) is 0 Å². The Hall–Kier alpha value is -1.52. The van der Waals surface area contributed by atoms with E-state index in [0.717, 1.165) is 42.2 Å². The number of hydrogen-bond acceptors (Lipinski definition) is 3. The zero-order chi connectivity index (χ0) is 15.5. The standard InChI is InChI=1S/C17H20ClNO3/c18-10-17(21)19(14-3-1-2-4-15(14)20)11-12-5-6-16-13(9-12)7-8-22-16/h5-9,14-15,20H,1-4,10-11H2/t14-,15+/m0/s1. The third-order valence-electron chi connectivity index (χ3n) is 4.40. The Labute approximate surface area is 134 Å². The van der Waals surface area contributed by atoms with E-state index >= 15 is 0 Å². The van der Waals surface area contributed by atoms with Gasteiger partial charge >= 0.3 is 0 Å². The third kappa shape index (κ3) is 3.13. The lowest BCUT2D eigenvalue weighted by Gasteiger charge is -2.37.